The minimum absolute atomic E-state index is 0.0905. The molecule has 0 aliphatic carbocycles. The Bertz CT molecular complexity index is 721. The Hall–Kier alpha value is -2.30. The summed E-state index contributed by atoms with van der Waals surface area (Å²) in [5.74, 6) is -0.603. The van der Waals surface area contributed by atoms with Gasteiger partial charge in [-0.15, -0.1) is 0 Å². The number of aliphatic hydroxyl groups is 2. The standard InChI is InChI=1S/C17H25N3O7/c1-3-5-12(21)18-11-7-8-20(17(25)19-11)16-15(24)14(23)10(27-16)9-26-13(22)6-4-2/h7-8,10,14-16,23-24H,3-6,9H2,1-2H3,(H,18,19,21,25)/t10-,14-,15-,16-/m1/s1. The van der Waals surface area contributed by atoms with Gasteiger partial charge >= 0.3 is 11.7 Å². The Balaban J connectivity index is 2.05. The third kappa shape index (κ3) is 5.34. The van der Waals surface area contributed by atoms with Crippen LogP contribution in [0.25, 0.3) is 0 Å². The molecule has 1 aromatic heterocycles. The topological polar surface area (TPSA) is 140 Å². The van der Waals surface area contributed by atoms with Gasteiger partial charge in [-0.05, 0) is 18.9 Å². The van der Waals surface area contributed by atoms with E-state index in [0.29, 0.717) is 19.3 Å². The molecule has 10 heteroatoms. The number of hydrogen-bond donors (Lipinski definition) is 3. The molecule has 10 nitrogen and oxygen atoms in total. The highest BCUT2D eigenvalue weighted by atomic mass is 16.6. The average Bonchev–Trinajstić information content (AvgIpc) is 2.89. The molecule has 2 heterocycles. The maximum Gasteiger partial charge on any atom is 0.351 e. The predicted octanol–water partition coefficient (Wildman–Crippen LogP) is -0.0556. The first kappa shape index (κ1) is 21.0. The number of ether oxygens (including phenoxy) is 2. The lowest BCUT2D eigenvalue weighted by atomic mass is 10.1. The fourth-order valence-electron chi connectivity index (χ4n) is 2.66. The summed E-state index contributed by atoms with van der Waals surface area (Å²) in [6, 6.07) is 1.39. The fourth-order valence-corrected chi connectivity index (χ4v) is 2.66. The summed E-state index contributed by atoms with van der Waals surface area (Å²) < 4.78 is 11.5. The SMILES string of the molecule is CCCC(=O)Nc1ccn([C@@H]2O[C@H](COC(=O)CCC)[C@@H](O)[C@H]2O)c(=O)n1. The smallest absolute Gasteiger partial charge is 0.351 e. The first-order valence-corrected chi connectivity index (χ1v) is 8.93. The lowest BCUT2D eigenvalue weighted by Crippen LogP contribution is -2.36. The second kappa shape index (κ2) is 9.58. The number of carbonyl (C=O) groups excluding carboxylic acids is 2. The maximum absolute atomic E-state index is 12.2. The molecule has 3 N–H and O–H groups in total. The van der Waals surface area contributed by atoms with Crippen molar-refractivity contribution in [1.29, 1.82) is 0 Å². The molecule has 1 amide bonds. The quantitative estimate of drug-likeness (QED) is 0.531. The number of carbonyl (C=O) groups is 2. The fraction of sp³-hybridized carbons (Fsp3) is 0.647. The van der Waals surface area contributed by atoms with Crippen molar-refractivity contribution in [2.75, 3.05) is 11.9 Å². The molecule has 0 aromatic carbocycles. The summed E-state index contributed by atoms with van der Waals surface area (Å²) in [4.78, 5) is 39.0. The molecule has 1 aliphatic heterocycles. The molecule has 0 unspecified atom stereocenters. The van der Waals surface area contributed by atoms with Gasteiger partial charge in [-0.3, -0.25) is 14.2 Å². The van der Waals surface area contributed by atoms with Gasteiger partial charge in [0.2, 0.25) is 5.91 Å². The van der Waals surface area contributed by atoms with E-state index in [9.17, 15) is 24.6 Å². The molecule has 1 fully saturated rings. The molecule has 4 atom stereocenters. The van der Waals surface area contributed by atoms with Crippen LogP contribution in [0.3, 0.4) is 0 Å². The number of amides is 1. The minimum atomic E-state index is -1.40. The molecular formula is C17H25N3O7. The van der Waals surface area contributed by atoms with Crippen molar-refractivity contribution in [2.45, 2.75) is 64.1 Å². The van der Waals surface area contributed by atoms with E-state index in [0.717, 1.165) is 4.57 Å². The van der Waals surface area contributed by atoms with Crippen molar-refractivity contribution in [3.8, 4) is 0 Å². The van der Waals surface area contributed by atoms with Crippen LogP contribution in [-0.4, -0.2) is 56.6 Å². The van der Waals surface area contributed by atoms with Crippen LogP contribution >= 0.6 is 0 Å². The van der Waals surface area contributed by atoms with Crippen molar-refractivity contribution in [2.24, 2.45) is 0 Å². The number of hydrogen-bond acceptors (Lipinski definition) is 8. The highest BCUT2D eigenvalue weighted by Crippen LogP contribution is 2.28. The van der Waals surface area contributed by atoms with E-state index in [-0.39, 0.29) is 24.8 Å². The van der Waals surface area contributed by atoms with Crippen LogP contribution in [0.4, 0.5) is 5.82 Å². The van der Waals surface area contributed by atoms with Crippen molar-refractivity contribution in [1.82, 2.24) is 9.55 Å². The van der Waals surface area contributed by atoms with Crippen molar-refractivity contribution in [3.05, 3.63) is 22.7 Å². The summed E-state index contributed by atoms with van der Waals surface area (Å²) in [5.41, 5.74) is -0.760. The van der Waals surface area contributed by atoms with Crippen LogP contribution in [0.1, 0.15) is 45.8 Å². The maximum atomic E-state index is 12.2. The van der Waals surface area contributed by atoms with Crippen molar-refractivity contribution >= 4 is 17.7 Å². The highest BCUT2D eigenvalue weighted by Gasteiger charge is 2.44. The third-order valence-electron chi connectivity index (χ3n) is 4.05. The van der Waals surface area contributed by atoms with Gasteiger partial charge in [0, 0.05) is 19.0 Å². The number of esters is 1. The molecular weight excluding hydrogens is 358 g/mol. The first-order valence-electron chi connectivity index (χ1n) is 8.93. The van der Waals surface area contributed by atoms with E-state index in [4.69, 9.17) is 9.47 Å². The third-order valence-corrected chi connectivity index (χ3v) is 4.05. The zero-order valence-corrected chi connectivity index (χ0v) is 15.3. The Kier molecular flexibility index (Phi) is 7.45. The Morgan fingerprint density at radius 1 is 1.26 bits per heavy atom. The first-order chi connectivity index (χ1) is 12.9. The van der Waals surface area contributed by atoms with E-state index in [1.807, 2.05) is 13.8 Å². The Labute approximate surface area is 156 Å². The molecule has 0 spiro atoms. The largest absolute Gasteiger partial charge is 0.463 e. The van der Waals surface area contributed by atoms with E-state index < -0.39 is 36.2 Å². The molecule has 27 heavy (non-hydrogen) atoms. The molecule has 0 saturated carbocycles. The van der Waals surface area contributed by atoms with Crippen LogP contribution in [0.15, 0.2) is 17.1 Å². The number of aromatic nitrogens is 2. The van der Waals surface area contributed by atoms with Gasteiger partial charge < -0.3 is 25.0 Å². The predicted molar refractivity (Wildman–Crippen MR) is 93.8 cm³/mol. The van der Waals surface area contributed by atoms with Gasteiger partial charge in [0.15, 0.2) is 6.23 Å². The van der Waals surface area contributed by atoms with Crippen LogP contribution in [-0.2, 0) is 19.1 Å². The molecule has 1 aliphatic rings. The summed E-state index contributed by atoms with van der Waals surface area (Å²) in [5, 5.41) is 22.8. The number of rotatable bonds is 8. The second-order valence-corrected chi connectivity index (χ2v) is 6.28. The monoisotopic (exact) mass is 383 g/mol. The highest BCUT2D eigenvalue weighted by molar-refractivity contribution is 5.89. The molecule has 0 bridgehead atoms. The molecule has 2 rings (SSSR count). The normalized spacial score (nSPS) is 24.6. The zero-order valence-electron chi connectivity index (χ0n) is 15.3. The number of nitrogens with zero attached hydrogens (tertiary/aromatic N) is 2. The van der Waals surface area contributed by atoms with Gasteiger partial charge in [0.1, 0.15) is 30.7 Å². The summed E-state index contributed by atoms with van der Waals surface area (Å²) in [6.07, 6.45) is -1.75. The summed E-state index contributed by atoms with van der Waals surface area (Å²) >= 11 is 0. The van der Waals surface area contributed by atoms with E-state index in [1.54, 1.807) is 0 Å². The van der Waals surface area contributed by atoms with E-state index in [1.165, 1.54) is 12.3 Å². The molecule has 1 aromatic rings. The van der Waals surface area contributed by atoms with Gasteiger partial charge in [-0.25, -0.2) is 4.79 Å². The van der Waals surface area contributed by atoms with Gasteiger partial charge in [-0.1, -0.05) is 13.8 Å². The summed E-state index contributed by atoms with van der Waals surface area (Å²) in [6.45, 7) is 3.45. The number of anilines is 1. The van der Waals surface area contributed by atoms with Gasteiger partial charge in [0.05, 0.1) is 0 Å². The second-order valence-electron chi connectivity index (χ2n) is 6.28. The molecule has 0 radical (unpaired) electrons. The van der Waals surface area contributed by atoms with Crippen LogP contribution in [0.5, 0.6) is 0 Å². The van der Waals surface area contributed by atoms with Gasteiger partial charge in [0.25, 0.3) is 0 Å². The molecule has 150 valence electrons. The van der Waals surface area contributed by atoms with Crippen LogP contribution < -0.4 is 11.0 Å². The number of nitrogens with one attached hydrogen (secondary N) is 1. The van der Waals surface area contributed by atoms with Crippen LogP contribution in [0, 0.1) is 0 Å². The lowest BCUT2D eigenvalue weighted by Gasteiger charge is -2.17. The lowest BCUT2D eigenvalue weighted by molar-refractivity contribution is -0.150. The average molecular weight is 383 g/mol. The van der Waals surface area contributed by atoms with Crippen LogP contribution in [0.2, 0.25) is 0 Å². The van der Waals surface area contributed by atoms with Crippen molar-refractivity contribution in [3.63, 3.8) is 0 Å². The summed E-state index contributed by atoms with van der Waals surface area (Å²) in [7, 11) is 0. The number of aliphatic hydroxyl groups excluding tert-OH is 2. The van der Waals surface area contributed by atoms with E-state index >= 15 is 0 Å². The van der Waals surface area contributed by atoms with Gasteiger partial charge in [-0.2, -0.15) is 4.98 Å². The zero-order chi connectivity index (χ0) is 20.0. The van der Waals surface area contributed by atoms with E-state index in [2.05, 4.69) is 10.3 Å². The minimum Gasteiger partial charge on any atom is -0.463 e. The van der Waals surface area contributed by atoms with Crippen molar-refractivity contribution < 1.29 is 29.3 Å². The Morgan fingerprint density at radius 2 is 1.96 bits per heavy atom. The molecule has 1 saturated heterocycles. The Morgan fingerprint density at radius 3 is 2.59 bits per heavy atom.